The maximum Gasteiger partial charge on any atom is 0.317 e. The van der Waals surface area contributed by atoms with Crippen LogP contribution in [0.1, 0.15) is 36.4 Å². The number of thiophene rings is 1. The molecule has 2 heterocycles. The van der Waals surface area contributed by atoms with Gasteiger partial charge in [0.15, 0.2) is 0 Å². The van der Waals surface area contributed by atoms with Crippen LogP contribution in [-0.4, -0.2) is 35.1 Å². The van der Waals surface area contributed by atoms with E-state index in [1.54, 1.807) is 23.2 Å². The molecule has 1 aliphatic rings. The van der Waals surface area contributed by atoms with Gasteiger partial charge in [0.2, 0.25) is 0 Å². The summed E-state index contributed by atoms with van der Waals surface area (Å²) in [6.07, 6.45) is 2.35. The van der Waals surface area contributed by atoms with Crippen LogP contribution in [0.2, 0.25) is 0 Å². The van der Waals surface area contributed by atoms with Crippen molar-refractivity contribution in [3.8, 4) is 0 Å². The summed E-state index contributed by atoms with van der Waals surface area (Å²) in [7, 11) is 0. The third-order valence-corrected chi connectivity index (χ3v) is 5.21. The number of carbonyl (C=O) groups excluding carboxylic acids is 1. The van der Waals surface area contributed by atoms with Gasteiger partial charge in [-0.3, -0.25) is 4.79 Å². The van der Waals surface area contributed by atoms with Crippen molar-refractivity contribution in [3.63, 3.8) is 0 Å². The fraction of sp³-hybridized carbons (Fsp3) is 0.600. The van der Waals surface area contributed by atoms with E-state index in [0.29, 0.717) is 19.5 Å². The van der Waals surface area contributed by atoms with Gasteiger partial charge in [-0.2, -0.15) is 0 Å². The molecule has 2 N–H and O–H groups in total. The van der Waals surface area contributed by atoms with Gasteiger partial charge in [-0.25, -0.2) is 4.79 Å². The highest BCUT2D eigenvalue weighted by atomic mass is 32.1. The van der Waals surface area contributed by atoms with Crippen LogP contribution < -0.4 is 5.32 Å². The van der Waals surface area contributed by atoms with E-state index in [0.717, 1.165) is 17.7 Å². The van der Waals surface area contributed by atoms with Crippen molar-refractivity contribution in [2.45, 2.75) is 39.7 Å². The highest BCUT2D eigenvalue weighted by Gasteiger charge is 2.39. The Bertz CT molecular complexity index is 529. The van der Waals surface area contributed by atoms with E-state index in [1.165, 1.54) is 4.88 Å². The molecule has 0 aromatic carbocycles. The lowest BCUT2D eigenvalue weighted by Crippen LogP contribution is -2.51. The van der Waals surface area contributed by atoms with Crippen LogP contribution in [0, 0.1) is 5.41 Å². The van der Waals surface area contributed by atoms with Gasteiger partial charge in [0.25, 0.3) is 0 Å². The standard InChI is InChI=1S/C15H22N2O3S/c1-3-11-5-6-12(21-11)9-16-14(20)17-8-4-7-15(2,10-17)13(18)19/h5-6H,3-4,7-10H2,1-2H3,(H,16,20)(H,18,19). The number of piperidine rings is 1. The lowest BCUT2D eigenvalue weighted by Gasteiger charge is -2.37. The predicted molar refractivity (Wildman–Crippen MR) is 82.5 cm³/mol. The number of rotatable bonds is 4. The average Bonchev–Trinajstić information content (AvgIpc) is 2.92. The second-order valence-corrected chi connectivity index (χ2v) is 7.02. The van der Waals surface area contributed by atoms with Gasteiger partial charge >= 0.3 is 12.0 Å². The molecule has 1 saturated heterocycles. The van der Waals surface area contributed by atoms with Crippen LogP contribution in [0.5, 0.6) is 0 Å². The van der Waals surface area contributed by atoms with E-state index in [-0.39, 0.29) is 12.6 Å². The van der Waals surface area contributed by atoms with Gasteiger partial charge in [-0.05, 0) is 38.3 Å². The quantitative estimate of drug-likeness (QED) is 0.898. The second kappa shape index (κ2) is 6.47. The zero-order valence-corrected chi connectivity index (χ0v) is 13.3. The lowest BCUT2D eigenvalue weighted by molar-refractivity contribution is -0.150. The monoisotopic (exact) mass is 310 g/mol. The number of carboxylic acid groups (broad SMARTS) is 1. The number of carbonyl (C=O) groups is 2. The van der Waals surface area contributed by atoms with Gasteiger partial charge < -0.3 is 15.3 Å². The SMILES string of the molecule is CCc1ccc(CNC(=O)N2CCCC(C)(C(=O)O)C2)s1. The summed E-state index contributed by atoms with van der Waals surface area (Å²) < 4.78 is 0. The van der Waals surface area contributed by atoms with E-state index in [9.17, 15) is 14.7 Å². The first-order chi connectivity index (χ1) is 9.94. The van der Waals surface area contributed by atoms with Gasteiger partial charge in [-0.1, -0.05) is 6.92 Å². The molecule has 1 fully saturated rings. The number of amides is 2. The first-order valence-corrected chi connectivity index (χ1v) is 8.10. The molecule has 1 aromatic rings. The molecule has 1 atom stereocenters. The molecule has 21 heavy (non-hydrogen) atoms. The highest BCUT2D eigenvalue weighted by Crippen LogP contribution is 2.29. The zero-order chi connectivity index (χ0) is 15.5. The van der Waals surface area contributed by atoms with E-state index >= 15 is 0 Å². The first-order valence-electron chi connectivity index (χ1n) is 7.28. The number of hydrogen-bond donors (Lipinski definition) is 2. The Morgan fingerprint density at radius 1 is 1.43 bits per heavy atom. The van der Waals surface area contributed by atoms with Crippen molar-refractivity contribution in [1.82, 2.24) is 10.2 Å². The van der Waals surface area contributed by atoms with Gasteiger partial charge in [0.05, 0.1) is 12.0 Å². The molecule has 0 radical (unpaired) electrons. The third-order valence-electron chi connectivity index (χ3n) is 3.98. The van der Waals surface area contributed by atoms with Crippen molar-refractivity contribution in [2.75, 3.05) is 13.1 Å². The Morgan fingerprint density at radius 3 is 2.76 bits per heavy atom. The van der Waals surface area contributed by atoms with Crippen LogP contribution >= 0.6 is 11.3 Å². The molecular weight excluding hydrogens is 288 g/mol. The van der Waals surface area contributed by atoms with Crippen LogP contribution in [-0.2, 0) is 17.8 Å². The molecule has 0 spiro atoms. The number of aliphatic carboxylic acids is 1. The molecule has 0 aliphatic carbocycles. The highest BCUT2D eigenvalue weighted by molar-refractivity contribution is 7.11. The van der Waals surface area contributed by atoms with Crippen molar-refractivity contribution in [2.24, 2.45) is 5.41 Å². The van der Waals surface area contributed by atoms with E-state index in [1.807, 2.05) is 6.07 Å². The topological polar surface area (TPSA) is 69.6 Å². The smallest absolute Gasteiger partial charge is 0.317 e. The summed E-state index contributed by atoms with van der Waals surface area (Å²) in [5.41, 5.74) is -0.825. The average molecular weight is 310 g/mol. The minimum Gasteiger partial charge on any atom is -0.481 e. The first kappa shape index (κ1) is 15.8. The van der Waals surface area contributed by atoms with Crippen LogP contribution in [0.25, 0.3) is 0 Å². The van der Waals surface area contributed by atoms with Gasteiger partial charge in [0.1, 0.15) is 0 Å². The summed E-state index contributed by atoms with van der Waals surface area (Å²) in [5.74, 6) is -0.828. The molecule has 0 saturated carbocycles. The second-order valence-electron chi connectivity index (χ2n) is 5.77. The normalized spacial score (nSPS) is 22.1. The van der Waals surface area contributed by atoms with Crippen LogP contribution in [0.3, 0.4) is 0 Å². The number of nitrogens with one attached hydrogen (secondary N) is 1. The number of aryl methyl sites for hydroxylation is 1. The van der Waals surface area contributed by atoms with Crippen molar-refractivity contribution >= 4 is 23.3 Å². The van der Waals surface area contributed by atoms with Crippen molar-refractivity contribution in [1.29, 1.82) is 0 Å². The molecule has 2 amide bonds. The summed E-state index contributed by atoms with van der Waals surface area (Å²) >= 11 is 1.70. The fourth-order valence-corrected chi connectivity index (χ4v) is 3.47. The number of hydrogen-bond acceptors (Lipinski definition) is 3. The van der Waals surface area contributed by atoms with Crippen molar-refractivity contribution < 1.29 is 14.7 Å². The van der Waals surface area contributed by atoms with Gasteiger partial charge in [0, 0.05) is 22.8 Å². The largest absolute Gasteiger partial charge is 0.481 e. The zero-order valence-electron chi connectivity index (χ0n) is 12.5. The summed E-state index contributed by atoms with van der Waals surface area (Å²) in [4.78, 5) is 27.5. The molecule has 2 rings (SSSR count). The number of nitrogens with zero attached hydrogens (tertiary/aromatic N) is 1. The van der Waals surface area contributed by atoms with E-state index in [2.05, 4.69) is 18.3 Å². The Morgan fingerprint density at radius 2 is 2.14 bits per heavy atom. The van der Waals surface area contributed by atoms with Gasteiger partial charge in [-0.15, -0.1) is 11.3 Å². The molecule has 0 bridgehead atoms. The number of urea groups is 1. The minimum absolute atomic E-state index is 0.173. The summed E-state index contributed by atoms with van der Waals surface area (Å²) in [5, 5.41) is 12.2. The Labute approximate surface area is 129 Å². The molecule has 5 nitrogen and oxygen atoms in total. The Balaban J connectivity index is 1.89. The third kappa shape index (κ3) is 3.75. The molecule has 6 heteroatoms. The maximum absolute atomic E-state index is 12.2. The Hall–Kier alpha value is -1.56. The minimum atomic E-state index is -0.828. The lowest BCUT2D eigenvalue weighted by atomic mass is 9.82. The van der Waals surface area contributed by atoms with Crippen molar-refractivity contribution in [3.05, 3.63) is 21.9 Å². The molecule has 1 unspecified atom stereocenters. The van der Waals surface area contributed by atoms with E-state index in [4.69, 9.17) is 0 Å². The maximum atomic E-state index is 12.2. The molecule has 1 aromatic heterocycles. The predicted octanol–water partition coefficient (Wildman–Crippen LogP) is 2.71. The van der Waals surface area contributed by atoms with Crippen LogP contribution in [0.15, 0.2) is 12.1 Å². The molecule has 1 aliphatic heterocycles. The van der Waals surface area contributed by atoms with Crippen LogP contribution in [0.4, 0.5) is 4.79 Å². The summed E-state index contributed by atoms with van der Waals surface area (Å²) in [6.45, 7) is 5.22. The number of carboxylic acids is 1. The number of likely N-dealkylation sites (tertiary alicyclic amines) is 1. The molecule has 116 valence electrons. The fourth-order valence-electron chi connectivity index (χ4n) is 2.57. The molecular formula is C15H22N2O3S. The summed E-state index contributed by atoms with van der Waals surface area (Å²) in [6, 6.07) is 3.93. The van der Waals surface area contributed by atoms with E-state index < -0.39 is 11.4 Å². The Kier molecular flexibility index (Phi) is 4.88.